The number of hydrogen-bond donors (Lipinski definition) is 3. The zero-order valence-electron chi connectivity index (χ0n) is 18.0. The van der Waals surface area contributed by atoms with Gasteiger partial charge < -0.3 is 19.6 Å². The van der Waals surface area contributed by atoms with E-state index in [0.717, 1.165) is 38.5 Å². The van der Waals surface area contributed by atoms with Crippen LogP contribution in [0.2, 0.25) is 0 Å². The topological polar surface area (TPSA) is 113 Å². The summed E-state index contributed by atoms with van der Waals surface area (Å²) in [7, 11) is -4.71. The summed E-state index contributed by atoms with van der Waals surface area (Å²) in [5, 5.41) is 8.95. The molecular formula is C21H41O7P. The molecule has 0 aliphatic carbocycles. The minimum Gasteiger partial charge on any atom is -0.463 e. The molecule has 172 valence electrons. The smallest absolute Gasteiger partial charge is 0.463 e. The number of ether oxygens (including phenoxy) is 1. The van der Waals surface area contributed by atoms with Crippen LogP contribution in [0.3, 0.4) is 0 Å². The zero-order chi connectivity index (χ0) is 21.8. The molecule has 0 unspecified atom stereocenters. The van der Waals surface area contributed by atoms with Crippen LogP contribution in [0.4, 0.5) is 0 Å². The van der Waals surface area contributed by atoms with Gasteiger partial charge in [0.2, 0.25) is 0 Å². The quantitative estimate of drug-likeness (QED) is 0.106. The van der Waals surface area contributed by atoms with E-state index in [4.69, 9.17) is 19.6 Å². The number of phosphoric acid groups is 1. The highest BCUT2D eigenvalue weighted by Gasteiger charge is 2.22. The molecule has 0 aromatic carbocycles. The van der Waals surface area contributed by atoms with Gasteiger partial charge in [0.25, 0.3) is 0 Å². The summed E-state index contributed by atoms with van der Waals surface area (Å²) in [5.74, 6) is -0.449. The highest BCUT2D eigenvalue weighted by molar-refractivity contribution is 7.46. The van der Waals surface area contributed by atoms with E-state index in [-0.39, 0.29) is 13.0 Å². The Morgan fingerprint density at radius 2 is 1.41 bits per heavy atom. The first-order valence-corrected chi connectivity index (χ1v) is 12.6. The number of esters is 1. The van der Waals surface area contributed by atoms with E-state index in [9.17, 15) is 9.36 Å². The number of unbranched alkanes of at least 4 members (excludes halogenated alkanes) is 11. The molecule has 1 atom stereocenters. The molecule has 0 rings (SSSR count). The highest BCUT2D eigenvalue weighted by atomic mass is 31.2. The van der Waals surface area contributed by atoms with Gasteiger partial charge >= 0.3 is 13.8 Å². The Labute approximate surface area is 176 Å². The van der Waals surface area contributed by atoms with Gasteiger partial charge in [0.1, 0.15) is 12.7 Å². The second-order valence-electron chi connectivity index (χ2n) is 7.42. The van der Waals surface area contributed by atoms with Crippen LogP contribution in [0.15, 0.2) is 12.2 Å². The van der Waals surface area contributed by atoms with Crippen molar-refractivity contribution in [3.8, 4) is 0 Å². The number of hydrogen-bond acceptors (Lipinski definition) is 5. The molecule has 7 nitrogen and oxygen atoms in total. The van der Waals surface area contributed by atoms with Crippen LogP contribution in [0, 0.1) is 0 Å². The minimum absolute atomic E-state index is 0.256. The Bertz CT molecular complexity index is 462. The van der Waals surface area contributed by atoms with Crippen molar-refractivity contribution in [3.63, 3.8) is 0 Å². The first kappa shape index (κ1) is 28.3. The van der Waals surface area contributed by atoms with Crippen LogP contribution < -0.4 is 0 Å². The van der Waals surface area contributed by atoms with Gasteiger partial charge in [-0.1, -0.05) is 70.4 Å². The molecule has 0 saturated heterocycles. The van der Waals surface area contributed by atoms with E-state index in [2.05, 4.69) is 23.6 Å². The predicted octanol–water partition coefficient (Wildman–Crippen LogP) is 5.04. The van der Waals surface area contributed by atoms with E-state index < -0.39 is 26.5 Å². The molecule has 3 N–H and O–H groups in total. The van der Waals surface area contributed by atoms with E-state index in [1.165, 1.54) is 44.9 Å². The molecule has 0 aromatic rings. The van der Waals surface area contributed by atoms with E-state index in [1.807, 2.05) is 0 Å². The largest absolute Gasteiger partial charge is 0.470 e. The van der Waals surface area contributed by atoms with Crippen molar-refractivity contribution < 1.29 is 33.5 Å². The number of carbonyl (C=O) groups excluding carboxylic acids is 1. The summed E-state index contributed by atoms with van der Waals surface area (Å²) < 4.78 is 19.9. The normalized spacial score (nSPS) is 13.1. The van der Waals surface area contributed by atoms with E-state index in [1.54, 1.807) is 0 Å². The predicted molar refractivity (Wildman–Crippen MR) is 114 cm³/mol. The Hall–Kier alpha value is -0.720. The molecule has 0 radical (unpaired) electrons. The van der Waals surface area contributed by atoms with Crippen molar-refractivity contribution in [3.05, 3.63) is 12.2 Å². The number of aliphatic hydroxyl groups is 1. The van der Waals surface area contributed by atoms with Crippen LogP contribution >= 0.6 is 7.82 Å². The fourth-order valence-electron chi connectivity index (χ4n) is 2.91. The van der Waals surface area contributed by atoms with E-state index >= 15 is 0 Å². The van der Waals surface area contributed by atoms with Gasteiger partial charge in [-0.2, -0.15) is 0 Å². The van der Waals surface area contributed by atoms with Crippen LogP contribution in [0.5, 0.6) is 0 Å². The van der Waals surface area contributed by atoms with Crippen LogP contribution in [-0.2, 0) is 18.6 Å². The molecule has 0 bridgehead atoms. The molecule has 29 heavy (non-hydrogen) atoms. The van der Waals surface area contributed by atoms with E-state index in [0.29, 0.717) is 0 Å². The maximum Gasteiger partial charge on any atom is 0.470 e. The van der Waals surface area contributed by atoms with Crippen molar-refractivity contribution in [2.45, 2.75) is 103 Å². The molecular weight excluding hydrogens is 395 g/mol. The second-order valence-corrected chi connectivity index (χ2v) is 8.61. The molecule has 0 heterocycles. The Kier molecular flexibility index (Phi) is 18.8. The lowest BCUT2D eigenvalue weighted by Gasteiger charge is -2.15. The zero-order valence-corrected chi connectivity index (χ0v) is 18.9. The van der Waals surface area contributed by atoms with Crippen LogP contribution in [0.1, 0.15) is 96.8 Å². The Morgan fingerprint density at radius 3 is 1.93 bits per heavy atom. The Morgan fingerprint density at radius 1 is 0.897 bits per heavy atom. The first-order chi connectivity index (χ1) is 13.9. The standard InChI is InChI=1S/C21H41O7P/c1-2-3-4-5-6-7-8-9-10-11-12-13-14-15-16-17-21(23)27-19-20(18-22)28-29(24,25)26/h9-10,20,22H,2-8,11-19H2,1H3,(H2,24,25,26)/b10-9+/t20-/m0/s1. The Balaban J connectivity index is 3.46. The number of carbonyl (C=O) groups is 1. The molecule has 0 aliphatic rings. The van der Waals surface area contributed by atoms with Gasteiger partial charge in [0.15, 0.2) is 0 Å². The van der Waals surface area contributed by atoms with Crippen molar-refractivity contribution >= 4 is 13.8 Å². The van der Waals surface area contributed by atoms with Gasteiger partial charge in [0, 0.05) is 6.42 Å². The monoisotopic (exact) mass is 436 g/mol. The van der Waals surface area contributed by atoms with Crippen LogP contribution in [0.25, 0.3) is 0 Å². The third-order valence-corrected chi connectivity index (χ3v) is 5.14. The number of allylic oxidation sites excluding steroid dienone is 2. The van der Waals surface area contributed by atoms with Crippen molar-refractivity contribution in [1.82, 2.24) is 0 Å². The lowest BCUT2D eigenvalue weighted by Crippen LogP contribution is -2.24. The summed E-state index contributed by atoms with van der Waals surface area (Å²) in [6, 6.07) is 0. The third-order valence-electron chi connectivity index (χ3n) is 4.56. The van der Waals surface area contributed by atoms with Crippen molar-refractivity contribution in [2.24, 2.45) is 0 Å². The average molecular weight is 437 g/mol. The highest BCUT2D eigenvalue weighted by Crippen LogP contribution is 2.37. The van der Waals surface area contributed by atoms with Crippen molar-refractivity contribution in [2.75, 3.05) is 13.2 Å². The molecule has 0 aliphatic heterocycles. The molecule has 0 amide bonds. The first-order valence-electron chi connectivity index (χ1n) is 11.0. The number of phosphoric ester groups is 1. The molecule has 0 fully saturated rings. The average Bonchev–Trinajstić information content (AvgIpc) is 2.67. The van der Waals surface area contributed by atoms with Gasteiger partial charge in [-0.25, -0.2) is 4.57 Å². The number of rotatable bonds is 20. The van der Waals surface area contributed by atoms with Crippen LogP contribution in [-0.4, -0.2) is 40.2 Å². The molecule has 0 saturated carbocycles. The minimum atomic E-state index is -4.71. The maximum atomic E-state index is 11.6. The SMILES string of the molecule is CCCCCCCC/C=C/CCCCCCCC(=O)OC[C@H](CO)OP(=O)(O)O. The molecule has 0 aromatic heterocycles. The lowest BCUT2D eigenvalue weighted by molar-refractivity contribution is -0.147. The summed E-state index contributed by atoms with van der Waals surface area (Å²) >= 11 is 0. The van der Waals surface area contributed by atoms with Gasteiger partial charge in [-0.05, 0) is 32.1 Å². The summed E-state index contributed by atoms with van der Waals surface area (Å²) in [6.45, 7) is 1.24. The summed E-state index contributed by atoms with van der Waals surface area (Å²) in [5.41, 5.74) is 0. The summed E-state index contributed by atoms with van der Waals surface area (Å²) in [4.78, 5) is 28.9. The molecule has 0 spiro atoms. The number of aliphatic hydroxyl groups excluding tert-OH is 1. The molecule has 8 heteroatoms. The fraction of sp³-hybridized carbons (Fsp3) is 0.857. The van der Waals surface area contributed by atoms with Gasteiger partial charge in [0.05, 0.1) is 6.61 Å². The summed E-state index contributed by atoms with van der Waals surface area (Å²) in [6.07, 6.45) is 19.0. The fourth-order valence-corrected chi connectivity index (χ4v) is 3.42. The second kappa shape index (κ2) is 19.3. The third kappa shape index (κ3) is 21.8. The van der Waals surface area contributed by atoms with Gasteiger partial charge in [-0.3, -0.25) is 9.32 Å². The lowest BCUT2D eigenvalue weighted by atomic mass is 10.1. The van der Waals surface area contributed by atoms with Gasteiger partial charge in [-0.15, -0.1) is 0 Å². The maximum absolute atomic E-state index is 11.6. The van der Waals surface area contributed by atoms with Crippen molar-refractivity contribution in [1.29, 1.82) is 0 Å².